The Balaban J connectivity index is 1.72. The molecule has 0 unspecified atom stereocenters. The topological polar surface area (TPSA) is 75.7 Å². The van der Waals surface area contributed by atoms with Crippen molar-refractivity contribution < 1.29 is 32.3 Å². The third-order valence-electron chi connectivity index (χ3n) is 5.44. The maximum absolute atomic E-state index is 14.0. The molecule has 168 valence electrons. The number of hydrogen-bond acceptors (Lipinski definition) is 4. The Morgan fingerprint density at radius 1 is 0.909 bits per heavy atom. The number of Topliss-reactive ketones (excluding diaryl/α,β-unsaturated/α-hetero) is 1. The number of rotatable bonds is 6. The molecule has 0 bridgehead atoms. The number of hydrogen-bond donors (Lipinski definition) is 1. The van der Waals surface area contributed by atoms with Crippen LogP contribution < -0.4 is 10.1 Å². The van der Waals surface area contributed by atoms with Crippen LogP contribution in [0, 0.1) is 17.5 Å². The van der Waals surface area contributed by atoms with Crippen LogP contribution in [-0.4, -0.2) is 36.3 Å². The number of nitrogens with zero attached hydrogens (tertiary/aromatic N) is 1. The van der Waals surface area contributed by atoms with E-state index in [1.807, 2.05) is 0 Å². The summed E-state index contributed by atoms with van der Waals surface area (Å²) in [6, 6.07) is 12.4. The highest BCUT2D eigenvalue weighted by Gasteiger charge is 2.54. The van der Waals surface area contributed by atoms with E-state index >= 15 is 0 Å². The van der Waals surface area contributed by atoms with E-state index in [9.17, 15) is 27.6 Å². The largest absolute Gasteiger partial charge is 0.494 e. The molecule has 1 fully saturated rings. The van der Waals surface area contributed by atoms with E-state index < -0.39 is 47.3 Å². The fourth-order valence-electron chi connectivity index (χ4n) is 3.75. The van der Waals surface area contributed by atoms with Gasteiger partial charge in [0.15, 0.2) is 22.9 Å². The van der Waals surface area contributed by atoms with Crippen molar-refractivity contribution in [3.8, 4) is 5.75 Å². The zero-order valence-corrected chi connectivity index (χ0v) is 17.3. The number of ketones is 1. The van der Waals surface area contributed by atoms with Crippen LogP contribution in [0.4, 0.5) is 18.0 Å². The first-order valence-corrected chi connectivity index (χ1v) is 9.79. The summed E-state index contributed by atoms with van der Waals surface area (Å²) >= 11 is 0. The third-order valence-corrected chi connectivity index (χ3v) is 5.44. The Hall–Kier alpha value is -4.14. The van der Waals surface area contributed by atoms with Crippen LogP contribution in [0.2, 0.25) is 0 Å². The van der Waals surface area contributed by atoms with Gasteiger partial charge in [-0.3, -0.25) is 14.5 Å². The standard InChI is InChI=1S/C24H17F3N2O4/c1-33-21-11-2-14(12-19(21)27)20(30)13-29-22(31)24(28-23(29)32,15-3-7-17(25)8-4-15)16-5-9-18(26)10-6-16/h2-12H,13H2,1H3,(H,28,32). The minimum Gasteiger partial charge on any atom is -0.494 e. The van der Waals surface area contributed by atoms with Gasteiger partial charge < -0.3 is 10.1 Å². The highest BCUT2D eigenvalue weighted by molar-refractivity contribution is 6.13. The van der Waals surface area contributed by atoms with E-state index in [0.29, 0.717) is 4.90 Å². The average molecular weight is 454 g/mol. The summed E-state index contributed by atoms with van der Waals surface area (Å²) in [4.78, 5) is 39.8. The molecule has 33 heavy (non-hydrogen) atoms. The molecule has 9 heteroatoms. The van der Waals surface area contributed by atoms with Gasteiger partial charge in [0.1, 0.15) is 11.6 Å². The first-order chi connectivity index (χ1) is 15.8. The van der Waals surface area contributed by atoms with Gasteiger partial charge in [0.25, 0.3) is 5.91 Å². The van der Waals surface area contributed by atoms with Gasteiger partial charge in [-0.1, -0.05) is 24.3 Å². The molecule has 0 atom stereocenters. The number of halogens is 3. The first-order valence-electron chi connectivity index (χ1n) is 9.79. The Morgan fingerprint density at radius 3 is 1.94 bits per heavy atom. The Labute approximate surface area is 186 Å². The summed E-state index contributed by atoms with van der Waals surface area (Å²) in [6.07, 6.45) is 0. The quantitative estimate of drug-likeness (QED) is 0.454. The molecule has 1 aliphatic rings. The van der Waals surface area contributed by atoms with Crippen molar-refractivity contribution in [2.24, 2.45) is 0 Å². The molecular formula is C24H17F3N2O4. The maximum Gasteiger partial charge on any atom is 0.325 e. The monoisotopic (exact) mass is 454 g/mol. The number of urea groups is 1. The van der Waals surface area contributed by atoms with E-state index in [-0.39, 0.29) is 22.4 Å². The SMILES string of the molecule is COc1ccc(C(=O)CN2C(=O)NC(c3ccc(F)cc3)(c3ccc(F)cc3)C2=O)cc1F. The summed E-state index contributed by atoms with van der Waals surface area (Å²) in [6.45, 7) is -0.666. The van der Waals surface area contributed by atoms with E-state index in [2.05, 4.69) is 5.32 Å². The van der Waals surface area contributed by atoms with Crippen LogP contribution in [0.1, 0.15) is 21.5 Å². The second kappa shape index (κ2) is 8.42. The van der Waals surface area contributed by atoms with Crippen molar-refractivity contribution in [2.45, 2.75) is 5.54 Å². The molecule has 0 saturated carbocycles. The van der Waals surface area contributed by atoms with Crippen LogP contribution in [0.3, 0.4) is 0 Å². The minimum atomic E-state index is -1.80. The van der Waals surface area contributed by atoms with Crippen LogP contribution in [0.15, 0.2) is 66.7 Å². The van der Waals surface area contributed by atoms with E-state index in [1.54, 1.807) is 0 Å². The number of carbonyl (C=O) groups is 3. The summed E-state index contributed by atoms with van der Waals surface area (Å²) in [5.74, 6) is -3.44. The zero-order chi connectivity index (χ0) is 23.8. The molecule has 1 aliphatic heterocycles. The summed E-state index contributed by atoms with van der Waals surface area (Å²) in [5.41, 5.74) is -1.42. The van der Waals surface area contributed by atoms with Crippen LogP contribution in [0.5, 0.6) is 5.75 Å². The smallest absolute Gasteiger partial charge is 0.325 e. The molecule has 0 aliphatic carbocycles. The zero-order valence-electron chi connectivity index (χ0n) is 17.3. The second-order valence-electron chi connectivity index (χ2n) is 7.36. The van der Waals surface area contributed by atoms with Gasteiger partial charge in [0, 0.05) is 5.56 Å². The average Bonchev–Trinajstić information content (AvgIpc) is 3.05. The number of ether oxygens (including phenoxy) is 1. The molecule has 0 spiro atoms. The Kier molecular flexibility index (Phi) is 5.63. The normalized spacial score (nSPS) is 14.8. The van der Waals surface area contributed by atoms with E-state index in [0.717, 1.165) is 30.3 Å². The third kappa shape index (κ3) is 3.82. The van der Waals surface area contributed by atoms with Gasteiger partial charge in [-0.05, 0) is 53.6 Å². The number of imide groups is 1. The fourth-order valence-corrected chi connectivity index (χ4v) is 3.75. The lowest BCUT2D eigenvalue weighted by Crippen LogP contribution is -2.45. The summed E-state index contributed by atoms with van der Waals surface area (Å²) in [7, 11) is 1.28. The van der Waals surface area contributed by atoms with Crippen LogP contribution in [-0.2, 0) is 10.3 Å². The predicted molar refractivity (Wildman–Crippen MR) is 111 cm³/mol. The van der Waals surface area contributed by atoms with Crippen molar-refractivity contribution in [2.75, 3.05) is 13.7 Å². The second-order valence-corrected chi connectivity index (χ2v) is 7.36. The Bertz CT molecular complexity index is 1200. The molecule has 1 saturated heterocycles. The van der Waals surface area contributed by atoms with E-state index in [1.165, 1.54) is 43.5 Å². The van der Waals surface area contributed by atoms with Gasteiger partial charge >= 0.3 is 6.03 Å². The van der Waals surface area contributed by atoms with Crippen molar-refractivity contribution in [3.05, 3.63) is 101 Å². The molecule has 6 nitrogen and oxygen atoms in total. The van der Waals surface area contributed by atoms with Gasteiger partial charge in [-0.2, -0.15) is 0 Å². The first kappa shape index (κ1) is 22.1. The molecule has 1 heterocycles. The van der Waals surface area contributed by atoms with Crippen LogP contribution >= 0.6 is 0 Å². The molecule has 0 radical (unpaired) electrons. The van der Waals surface area contributed by atoms with Crippen molar-refractivity contribution in [3.63, 3.8) is 0 Å². The molecular weight excluding hydrogens is 437 g/mol. The molecule has 3 aromatic carbocycles. The van der Waals surface area contributed by atoms with Crippen molar-refractivity contribution in [1.29, 1.82) is 0 Å². The van der Waals surface area contributed by atoms with Gasteiger partial charge in [-0.15, -0.1) is 0 Å². The summed E-state index contributed by atoms with van der Waals surface area (Å²) in [5, 5.41) is 2.57. The highest BCUT2D eigenvalue weighted by Crippen LogP contribution is 2.36. The molecule has 0 aromatic heterocycles. The molecule has 1 N–H and O–H groups in total. The van der Waals surface area contributed by atoms with Gasteiger partial charge in [0.2, 0.25) is 0 Å². The lowest BCUT2D eigenvalue weighted by molar-refractivity contribution is -0.129. The van der Waals surface area contributed by atoms with Crippen LogP contribution in [0.25, 0.3) is 0 Å². The Morgan fingerprint density at radius 2 is 1.45 bits per heavy atom. The highest BCUT2D eigenvalue weighted by atomic mass is 19.1. The number of nitrogens with one attached hydrogen (secondary N) is 1. The number of benzene rings is 3. The number of amides is 3. The number of methoxy groups -OCH3 is 1. The molecule has 3 amide bonds. The van der Waals surface area contributed by atoms with E-state index in [4.69, 9.17) is 4.74 Å². The minimum absolute atomic E-state index is 0.0602. The predicted octanol–water partition coefficient (Wildman–Crippen LogP) is 3.79. The number of carbonyl (C=O) groups excluding carboxylic acids is 3. The lowest BCUT2D eigenvalue weighted by atomic mass is 9.82. The summed E-state index contributed by atoms with van der Waals surface area (Å²) < 4.78 is 45.9. The van der Waals surface area contributed by atoms with Crippen molar-refractivity contribution >= 4 is 17.7 Å². The molecule has 3 aromatic rings. The van der Waals surface area contributed by atoms with Gasteiger partial charge in [0.05, 0.1) is 13.7 Å². The lowest BCUT2D eigenvalue weighted by Gasteiger charge is -2.28. The van der Waals surface area contributed by atoms with Crippen molar-refractivity contribution in [1.82, 2.24) is 10.2 Å². The molecule has 4 rings (SSSR count). The maximum atomic E-state index is 14.0. The van der Waals surface area contributed by atoms with Gasteiger partial charge in [-0.25, -0.2) is 18.0 Å². The fraction of sp³-hybridized carbons (Fsp3) is 0.125.